The fourth-order valence-corrected chi connectivity index (χ4v) is 1.63. The van der Waals surface area contributed by atoms with Crippen LogP contribution in [-0.4, -0.2) is 22.6 Å². The lowest BCUT2D eigenvalue weighted by molar-refractivity contribution is 0.183. The zero-order valence-corrected chi connectivity index (χ0v) is 9.86. The van der Waals surface area contributed by atoms with E-state index in [0.717, 1.165) is 25.3 Å². The molecule has 0 aliphatic carbocycles. The van der Waals surface area contributed by atoms with Crippen LogP contribution < -0.4 is 0 Å². The van der Waals surface area contributed by atoms with E-state index < -0.39 is 0 Å². The smallest absolute Gasteiger partial charge is 0.129 e. The molecule has 0 aliphatic heterocycles. The van der Waals surface area contributed by atoms with Gasteiger partial charge in [-0.05, 0) is 32.0 Å². The molecule has 0 bridgehead atoms. The molecule has 0 fully saturated rings. The van der Waals surface area contributed by atoms with Gasteiger partial charge in [-0.25, -0.2) is 0 Å². The highest BCUT2D eigenvalue weighted by Crippen LogP contribution is 2.13. The Kier molecular flexibility index (Phi) is 4.85. The third-order valence-corrected chi connectivity index (χ3v) is 2.85. The van der Waals surface area contributed by atoms with Crippen LogP contribution in [0.3, 0.4) is 0 Å². The molecule has 0 aliphatic rings. The normalized spacial score (nSPS) is 13.4. The summed E-state index contributed by atoms with van der Waals surface area (Å²) in [5.74, 6) is 1.58. The van der Waals surface area contributed by atoms with E-state index in [-0.39, 0.29) is 6.61 Å². The van der Waals surface area contributed by atoms with E-state index in [0.29, 0.717) is 11.8 Å². The van der Waals surface area contributed by atoms with Gasteiger partial charge in [0.25, 0.3) is 0 Å². The Morgan fingerprint density at radius 1 is 1.33 bits per heavy atom. The van der Waals surface area contributed by atoms with Crippen LogP contribution >= 0.6 is 0 Å². The van der Waals surface area contributed by atoms with Crippen molar-refractivity contribution in [2.75, 3.05) is 6.54 Å². The van der Waals surface area contributed by atoms with Gasteiger partial charge in [0.15, 0.2) is 0 Å². The largest absolute Gasteiger partial charge is 0.462 e. The molecule has 1 aromatic heterocycles. The molecule has 1 atom stereocenters. The van der Waals surface area contributed by atoms with E-state index in [4.69, 9.17) is 9.52 Å². The Hall–Kier alpha value is -0.800. The van der Waals surface area contributed by atoms with Crippen molar-refractivity contribution in [1.29, 1.82) is 0 Å². The summed E-state index contributed by atoms with van der Waals surface area (Å²) in [6, 6.07) is 4.34. The second kappa shape index (κ2) is 5.93. The highest BCUT2D eigenvalue weighted by Gasteiger charge is 2.12. The van der Waals surface area contributed by atoms with E-state index in [1.54, 1.807) is 0 Å². The van der Waals surface area contributed by atoms with E-state index in [2.05, 4.69) is 25.7 Å². The van der Waals surface area contributed by atoms with Crippen LogP contribution in [0.4, 0.5) is 0 Å². The SMILES string of the molecule is CCC(C)N(CC)Cc1ccc(CO)o1. The van der Waals surface area contributed by atoms with Gasteiger partial charge in [0, 0.05) is 6.04 Å². The molecule has 3 nitrogen and oxygen atoms in total. The highest BCUT2D eigenvalue weighted by molar-refractivity contribution is 5.06. The fourth-order valence-electron chi connectivity index (χ4n) is 1.63. The van der Waals surface area contributed by atoms with Gasteiger partial charge >= 0.3 is 0 Å². The molecule has 1 heterocycles. The molecule has 1 N–H and O–H groups in total. The average molecular weight is 211 g/mol. The molecule has 1 rings (SSSR count). The number of aliphatic hydroxyl groups is 1. The first-order chi connectivity index (χ1) is 7.21. The average Bonchev–Trinajstić information content (AvgIpc) is 2.72. The van der Waals surface area contributed by atoms with Crippen LogP contribution in [0, 0.1) is 0 Å². The van der Waals surface area contributed by atoms with Gasteiger partial charge in [0.2, 0.25) is 0 Å². The number of nitrogens with zero attached hydrogens (tertiary/aromatic N) is 1. The molecule has 1 aromatic rings. The van der Waals surface area contributed by atoms with E-state index in [9.17, 15) is 0 Å². The number of hydrogen-bond acceptors (Lipinski definition) is 3. The molecule has 0 radical (unpaired) electrons. The summed E-state index contributed by atoms with van der Waals surface area (Å²) < 4.78 is 5.47. The zero-order valence-electron chi connectivity index (χ0n) is 9.86. The molecule has 0 aromatic carbocycles. The summed E-state index contributed by atoms with van der Waals surface area (Å²) in [7, 11) is 0. The Morgan fingerprint density at radius 2 is 2.00 bits per heavy atom. The second-order valence-corrected chi connectivity index (χ2v) is 3.85. The standard InChI is InChI=1S/C12H21NO2/c1-4-10(3)13(5-2)8-11-6-7-12(9-14)15-11/h6-7,10,14H,4-5,8-9H2,1-3H3. The summed E-state index contributed by atoms with van der Waals surface area (Å²) >= 11 is 0. The second-order valence-electron chi connectivity index (χ2n) is 3.85. The van der Waals surface area contributed by atoms with Crippen LogP contribution in [0.1, 0.15) is 38.7 Å². The van der Waals surface area contributed by atoms with Crippen molar-refractivity contribution >= 4 is 0 Å². The molecule has 86 valence electrons. The van der Waals surface area contributed by atoms with Crippen LogP contribution in [0.15, 0.2) is 16.5 Å². The summed E-state index contributed by atoms with van der Waals surface area (Å²) in [5.41, 5.74) is 0. The van der Waals surface area contributed by atoms with Crippen LogP contribution in [0.25, 0.3) is 0 Å². The maximum atomic E-state index is 8.89. The lowest BCUT2D eigenvalue weighted by Crippen LogP contribution is -2.31. The third kappa shape index (κ3) is 3.36. The first-order valence-corrected chi connectivity index (χ1v) is 5.63. The molecule has 15 heavy (non-hydrogen) atoms. The van der Waals surface area contributed by atoms with E-state index in [1.165, 1.54) is 0 Å². The lowest BCUT2D eigenvalue weighted by Gasteiger charge is -2.25. The van der Waals surface area contributed by atoms with Crippen LogP contribution in [0.5, 0.6) is 0 Å². The number of furan rings is 1. The minimum absolute atomic E-state index is 0.0184. The lowest BCUT2D eigenvalue weighted by atomic mass is 10.2. The van der Waals surface area contributed by atoms with Crippen molar-refractivity contribution in [2.45, 2.75) is 46.4 Å². The van der Waals surface area contributed by atoms with Crippen molar-refractivity contribution in [3.63, 3.8) is 0 Å². The van der Waals surface area contributed by atoms with Gasteiger partial charge in [-0.1, -0.05) is 13.8 Å². The molecule has 1 unspecified atom stereocenters. The monoisotopic (exact) mass is 211 g/mol. The number of rotatable bonds is 6. The molecular weight excluding hydrogens is 190 g/mol. The van der Waals surface area contributed by atoms with Crippen molar-refractivity contribution in [1.82, 2.24) is 4.90 Å². The Balaban J connectivity index is 2.58. The molecule has 0 saturated carbocycles. The van der Waals surface area contributed by atoms with Gasteiger partial charge < -0.3 is 9.52 Å². The van der Waals surface area contributed by atoms with Gasteiger partial charge in [0.05, 0.1) is 6.54 Å². The van der Waals surface area contributed by atoms with Crippen molar-refractivity contribution in [3.8, 4) is 0 Å². The summed E-state index contributed by atoms with van der Waals surface area (Å²) in [4.78, 5) is 2.36. The first kappa shape index (κ1) is 12.3. The fraction of sp³-hybridized carbons (Fsp3) is 0.667. The molecular formula is C12H21NO2. The predicted octanol–water partition coefficient (Wildman–Crippen LogP) is 2.39. The van der Waals surface area contributed by atoms with Gasteiger partial charge in [-0.15, -0.1) is 0 Å². The minimum atomic E-state index is -0.0184. The van der Waals surface area contributed by atoms with E-state index in [1.807, 2.05) is 12.1 Å². The molecule has 3 heteroatoms. The van der Waals surface area contributed by atoms with Crippen molar-refractivity contribution in [3.05, 3.63) is 23.7 Å². The van der Waals surface area contributed by atoms with Crippen molar-refractivity contribution < 1.29 is 9.52 Å². The summed E-state index contributed by atoms with van der Waals surface area (Å²) in [6.45, 7) is 8.39. The van der Waals surface area contributed by atoms with Gasteiger partial charge in [-0.2, -0.15) is 0 Å². The number of aliphatic hydroxyl groups excluding tert-OH is 1. The third-order valence-electron chi connectivity index (χ3n) is 2.85. The quantitative estimate of drug-likeness (QED) is 0.785. The molecule has 0 amide bonds. The Morgan fingerprint density at radius 3 is 2.47 bits per heavy atom. The predicted molar refractivity (Wildman–Crippen MR) is 60.5 cm³/mol. The Labute approximate surface area is 91.7 Å². The van der Waals surface area contributed by atoms with Crippen LogP contribution in [-0.2, 0) is 13.2 Å². The van der Waals surface area contributed by atoms with E-state index >= 15 is 0 Å². The van der Waals surface area contributed by atoms with Crippen molar-refractivity contribution in [2.24, 2.45) is 0 Å². The summed E-state index contributed by atoms with van der Waals surface area (Å²) in [6.07, 6.45) is 1.14. The minimum Gasteiger partial charge on any atom is -0.462 e. The first-order valence-electron chi connectivity index (χ1n) is 5.63. The summed E-state index contributed by atoms with van der Waals surface area (Å²) in [5, 5.41) is 8.89. The molecule has 0 saturated heterocycles. The maximum absolute atomic E-state index is 8.89. The maximum Gasteiger partial charge on any atom is 0.129 e. The van der Waals surface area contributed by atoms with Gasteiger partial charge in [-0.3, -0.25) is 4.90 Å². The van der Waals surface area contributed by atoms with Gasteiger partial charge in [0.1, 0.15) is 18.1 Å². The molecule has 0 spiro atoms. The Bertz CT molecular complexity index is 283. The highest BCUT2D eigenvalue weighted by atomic mass is 16.4. The van der Waals surface area contributed by atoms with Crippen LogP contribution in [0.2, 0.25) is 0 Å². The zero-order chi connectivity index (χ0) is 11.3. The number of hydrogen-bond donors (Lipinski definition) is 1. The topological polar surface area (TPSA) is 36.6 Å².